The van der Waals surface area contributed by atoms with Crippen LogP contribution in [0.4, 0.5) is 11.6 Å². The van der Waals surface area contributed by atoms with Crippen molar-refractivity contribution in [2.24, 2.45) is 0 Å². The summed E-state index contributed by atoms with van der Waals surface area (Å²) in [4.78, 5) is 12.7. The maximum absolute atomic E-state index is 12.7. The number of benzene rings is 2. The summed E-state index contributed by atoms with van der Waals surface area (Å²) in [7, 11) is 3.14. The van der Waals surface area contributed by atoms with Crippen molar-refractivity contribution in [3.8, 4) is 22.8 Å². The minimum Gasteiger partial charge on any atom is -0.493 e. The largest absolute Gasteiger partial charge is 0.493 e. The summed E-state index contributed by atoms with van der Waals surface area (Å²) in [6.07, 6.45) is 0. The molecule has 1 atom stereocenters. The van der Waals surface area contributed by atoms with Crippen molar-refractivity contribution in [3.05, 3.63) is 68.4 Å². The normalized spacial score (nSPS) is 14.4. The second-order valence-corrected chi connectivity index (χ2v) is 7.70. The molecular weight excluding hydrogens is 466 g/mol. The molecule has 0 spiro atoms. The topological polar surface area (TPSA) is 120 Å². The number of hydrogen-bond donors (Lipinski definition) is 2. The molecule has 31 heavy (non-hydrogen) atoms. The highest BCUT2D eigenvalue weighted by atomic mass is 79.9. The van der Waals surface area contributed by atoms with Crippen LogP contribution in [0.25, 0.3) is 11.3 Å². The summed E-state index contributed by atoms with van der Waals surface area (Å²) in [5, 5.41) is 22.0. The van der Waals surface area contributed by atoms with Crippen LogP contribution in [0.5, 0.6) is 11.5 Å². The number of methoxy groups -OCH3 is 2. The lowest BCUT2D eigenvalue weighted by molar-refractivity contribution is 0.354. The summed E-state index contributed by atoms with van der Waals surface area (Å²) < 4.78 is 13.4. The predicted molar refractivity (Wildman–Crippen MR) is 116 cm³/mol. The molecule has 10 nitrogen and oxygen atoms in total. The van der Waals surface area contributed by atoms with E-state index in [1.54, 1.807) is 25.0 Å². The Morgan fingerprint density at radius 1 is 1.06 bits per heavy atom. The molecule has 3 heterocycles. The van der Waals surface area contributed by atoms with Crippen molar-refractivity contribution in [1.82, 2.24) is 30.4 Å². The Morgan fingerprint density at radius 2 is 1.84 bits per heavy atom. The zero-order valence-electron chi connectivity index (χ0n) is 16.5. The van der Waals surface area contributed by atoms with Crippen LogP contribution in [0.2, 0.25) is 0 Å². The van der Waals surface area contributed by atoms with Crippen molar-refractivity contribution < 1.29 is 9.47 Å². The highest BCUT2D eigenvalue weighted by Crippen LogP contribution is 2.43. The van der Waals surface area contributed by atoms with Crippen molar-refractivity contribution in [3.63, 3.8) is 0 Å². The average molecular weight is 482 g/mol. The molecule has 4 aromatic rings. The van der Waals surface area contributed by atoms with Gasteiger partial charge in [0.25, 0.3) is 5.56 Å². The van der Waals surface area contributed by atoms with Gasteiger partial charge in [-0.25, -0.2) is 5.10 Å². The molecule has 2 N–H and O–H groups in total. The van der Waals surface area contributed by atoms with Crippen molar-refractivity contribution in [2.75, 3.05) is 19.5 Å². The number of aromatic nitrogens is 6. The molecule has 0 saturated carbocycles. The van der Waals surface area contributed by atoms with Gasteiger partial charge in [-0.15, -0.1) is 0 Å². The SMILES string of the molecule is COc1ccc([C@@H]2c3c(-c4ccc(Br)cc4)n[nH]c(=O)c3Nc3nnnn32)cc1OC. The third-order valence-electron chi connectivity index (χ3n) is 5.11. The second kappa shape index (κ2) is 7.51. The number of halogens is 1. The lowest BCUT2D eigenvalue weighted by atomic mass is 9.92. The number of nitrogens with one attached hydrogen (secondary N) is 2. The van der Waals surface area contributed by atoms with E-state index in [-0.39, 0.29) is 5.56 Å². The average Bonchev–Trinajstić information content (AvgIpc) is 3.27. The molecular formula is C20H16BrN7O3. The second-order valence-electron chi connectivity index (χ2n) is 6.79. The smallest absolute Gasteiger partial charge is 0.288 e. The minimum atomic E-state index is -0.519. The number of tetrazole rings is 1. The summed E-state index contributed by atoms with van der Waals surface area (Å²) in [5.41, 5.74) is 2.87. The summed E-state index contributed by atoms with van der Waals surface area (Å²) in [6.45, 7) is 0. The van der Waals surface area contributed by atoms with E-state index in [1.165, 1.54) is 0 Å². The molecule has 156 valence electrons. The number of rotatable bonds is 4. The van der Waals surface area contributed by atoms with Crippen LogP contribution in [0.1, 0.15) is 17.2 Å². The van der Waals surface area contributed by atoms with Gasteiger partial charge in [0.1, 0.15) is 11.7 Å². The maximum atomic E-state index is 12.7. The first-order valence-corrected chi connectivity index (χ1v) is 10.1. The number of ether oxygens (including phenoxy) is 2. The number of fused-ring (bicyclic) bond motifs is 2. The zero-order chi connectivity index (χ0) is 21.5. The molecule has 1 aliphatic heterocycles. The van der Waals surface area contributed by atoms with Crippen LogP contribution in [0, 0.1) is 0 Å². The third kappa shape index (κ3) is 3.13. The molecule has 11 heteroatoms. The molecule has 0 amide bonds. The lowest BCUT2D eigenvalue weighted by Gasteiger charge is -2.28. The fourth-order valence-corrected chi connectivity index (χ4v) is 3.96. The van der Waals surface area contributed by atoms with E-state index in [1.807, 2.05) is 36.4 Å². The van der Waals surface area contributed by atoms with E-state index >= 15 is 0 Å². The fourth-order valence-electron chi connectivity index (χ4n) is 3.70. The predicted octanol–water partition coefficient (Wildman–Crippen LogP) is 2.90. The van der Waals surface area contributed by atoms with Gasteiger partial charge < -0.3 is 14.8 Å². The van der Waals surface area contributed by atoms with Crippen LogP contribution in [0.15, 0.2) is 51.7 Å². The molecule has 0 aliphatic carbocycles. The van der Waals surface area contributed by atoms with E-state index in [2.05, 4.69) is 47.0 Å². The van der Waals surface area contributed by atoms with E-state index in [0.717, 1.165) is 15.6 Å². The van der Waals surface area contributed by atoms with Crippen molar-refractivity contribution in [1.29, 1.82) is 0 Å². The van der Waals surface area contributed by atoms with Gasteiger partial charge in [-0.2, -0.15) is 9.78 Å². The molecule has 0 unspecified atom stereocenters. The van der Waals surface area contributed by atoms with Crippen LogP contribution < -0.4 is 20.3 Å². The molecule has 0 bridgehead atoms. The quantitative estimate of drug-likeness (QED) is 0.402. The molecule has 5 rings (SSSR count). The monoisotopic (exact) mass is 481 g/mol. The summed E-state index contributed by atoms with van der Waals surface area (Å²) in [5.74, 6) is 1.50. The molecule has 0 radical (unpaired) electrons. The van der Waals surface area contributed by atoms with Crippen molar-refractivity contribution >= 4 is 27.6 Å². The number of aromatic amines is 1. The third-order valence-corrected chi connectivity index (χ3v) is 5.64. The molecule has 2 aromatic heterocycles. The highest BCUT2D eigenvalue weighted by Gasteiger charge is 2.34. The van der Waals surface area contributed by atoms with E-state index in [0.29, 0.717) is 34.4 Å². The number of H-pyrrole nitrogens is 1. The van der Waals surface area contributed by atoms with Crippen LogP contribution in [0.3, 0.4) is 0 Å². The van der Waals surface area contributed by atoms with Gasteiger partial charge in [0.05, 0.1) is 19.9 Å². The Balaban J connectivity index is 1.79. The Bertz CT molecular complexity index is 1330. The van der Waals surface area contributed by atoms with Gasteiger partial charge in [0, 0.05) is 15.6 Å². The molecule has 0 saturated heterocycles. The Hall–Kier alpha value is -3.73. The Labute approximate surface area is 184 Å². The minimum absolute atomic E-state index is 0.343. The van der Waals surface area contributed by atoms with Crippen LogP contribution >= 0.6 is 15.9 Å². The first-order chi connectivity index (χ1) is 15.1. The summed E-state index contributed by atoms with van der Waals surface area (Å²) >= 11 is 3.45. The van der Waals surface area contributed by atoms with Gasteiger partial charge in [-0.05, 0) is 40.3 Å². The van der Waals surface area contributed by atoms with Crippen molar-refractivity contribution in [2.45, 2.75) is 6.04 Å². The summed E-state index contributed by atoms with van der Waals surface area (Å²) in [6, 6.07) is 12.7. The Kier molecular flexibility index (Phi) is 4.66. The van der Waals surface area contributed by atoms with Crippen LogP contribution in [-0.4, -0.2) is 44.6 Å². The number of hydrogen-bond acceptors (Lipinski definition) is 8. The van der Waals surface area contributed by atoms with Gasteiger partial charge >= 0.3 is 0 Å². The molecule has 2 aromatic carbocycles. The van der Waals surface area contributed by atoms with Gasteiger partial charge in [0.2, 0.25) is 5.95 Å². The standard InChI is InChI=1S/C20H16BrN7O3/c1-30-13-8-5-11(9-14(13)31-2)18-15-16(10-3-6-12(21)7-4-10)23-24-19(29)17(15)22-20-25-26-27-28(18)20/h3-9,18H,1-2H3,(H,24,29)(H,22,25,27)/t18-/m1/s1. The van der Waals surface area contributed by atoms with E-state index < -0.39 is 6.04 Å². The zero-order valence-corrected chi connectivity index (χ0v) is 18.0. The number of anilines is 2. The first kappa shape index (κ1) is 19.2. The van der Waals surface area contributed by atoms with E-state index in [9.17, 15) is 4.79 Å². The highest BCUT2D eigenvalue weighted by molar-refractivity contribution is 9.10. The lowest BCUT2D eigenvalue weighted by Crippen LogP contribution is -2.29. The molecule has 0 fully saturated rings. The number of nitrogens with zero attached hydrogens (tertiary/aromatic N) is 5. The van der Waals surface area contributed by atoms with Crippen LogP contribution in [-0.2, 0) is 0 Å². The van der Waals surface area contributed by atoms with Gasteiger partial charge in [-0.1, -0.05) is 39.2 Å². The Morgan fingerprint density at radius 3 is 2.58 bits per heavy atom. The van der Waals surface area contributed by atoms with Gasteiger partial charge in [0.15, 0.2) is 11.5 Å². The molecule has 1 aliphatic rings. The van der Waals surface area contributed by atoms with Gasteiger partial charge in [-0.3, -0.25) is 4.79 Å². The maximum Gasteiger partial charge on any atom is 0.288 e. The fraction of sp³-hybridized carbons (Fsp3) is 0.150. The first-order valence-electron chi connectivity index (χ1n) is 9.26. The van der Waals surface area contributed by atoms with E-state index in [4.69, 9.17) is 9.47 Å².